The lowest BCUT2D eigenvalue weighted by Crippen LogP contribution is -2.30. The zero-order valence-electron chi connectivity index (χ0n) is 9.65. The molecular formula is C10H20O4S. The average molecular weight is 236 g/mol. The number of esters is 1. The minimum atomic E-state index is -1.19. The summed E-state index contributed by atoms with van der Waals surface area (Å²) in [6, 6.07) is 0. The molecule has 0 heterocycles. The van der Waals surface area contributed by atoms with Crippen molar-refractivity contribution in [2.75, 3.05) is 26.1 Å². The van der Waals surface area contributed by atoms with Crippen LogP contribution in [-0.2, 0) is 25.1 Å². The number of methoxy groups -OCH3 is 1. The van der Waals surface area contributed by atoms with Gasteiger partial charge in [0, 0.05) is 23.7 Å². The monoisotopic (exact) mass is 236 g/mol. The molecule has 2 atom stereocenters. The highest BCUT2D eigenvalue weighted by Crippen LogP contribution is 2.08. The second-order valence-electron chi connectivity index (χ2n) is 3.11. The third-order valence-corrected chi connectivity index (χ3v) is 3.54. The van der Waals surface area contributed by atoms with Gasteiger partial charge < -0.3 is 9.47 Å². The first kappa shape index (κ1) is 14.6. The molecule has 0 fully saturated rings. The van der Waals surface area contributed by atoms with Crippen LogP contribution in [0.2, 0.25) is 0 Å². The van der Waals surface area contributed by atoms with E-state index in [1.54, 1.807) is 14.0 Å². The number of hydrogen-bond acceptors (Lipinski definition) is 4. The van der Waals surface area contributed by atoms with Crippen molar-refractivity contribution < 1.29 is 18.5 Å². The van der Waals surface area contributed by atoms with E-state index < -0.39 is 16.0 Å². The van der Waals surface area contributed by atoms with Crippen molar-refractivity contribution >= 4 is 16.8 Å². The van der Waals surface area contributed by atoms with Gasteiger partial charge >= 0.3 is 5.97 Å². The Bertz CT molecular complexity index is 206. The third-order valence-electron chi connectivity index (χ3n) is 1.91. The maximum atomic E-state index is 11.7. The summed E-state index contributed by atoms with van der Waals surface area (Å²) in [5.74, 6) is 0.0359. The van der Waals surface area contributed by atoms with Crippen LogP contribution in [0.4, 0.5) is 0 Å². The largest absolute Gasteiger partial charge is 0.465 e. The minimum Gasteiger partial charge on any atom is -0.465 e. The summed E-state index contributed by atoms with van der Waals surface area (Å²) in [7, 11) is 0.363. The quantitative estimate of drug-likeness (QED) is 0.592. The van der Waals surface area contributed by atoms with Gasteiger partial charge in [-0.3, -0.25) is 9.00 Å². The van der Waals surface area contributed by atoms with Crippen LogP contribution in [0.25, 0.3) is 0 Å². The summed E-state index contributed by atoms with van der Waals surface area (Å²) in [5, 5.41) is -0.495. The number of carbonyl (C=O) groups excluding carboxylic acids is 1. The van der Waals surface area contributed by atoms with E-state index in [0.29, 0.717) is 25.4 Å². The molecule has 0 aliphatic rings. The predicted molar refractivity (Wildman–Crippen MR) is 60.2 cm³/mol. The summed E-state index contributed by atoms with van der Waals surface area (Å²) < 4.78 is 21.5. The molecule has 5 heteroatoms. The van der Waals surface area contributed by atoms with E-state index in [0.717, 1.165) is 6.42 Å². The Morgan fingerprint density at radius 1 is 1.40 bits per heavy atom. The molecule has 0 N–H and O–H groups in total. The van der Waals surface area contributed by atoms with Gasteiger partial charge in [0.1, 0.15) is 5.25 Å². The Labute approximate surface area is 93.8 Å². The lowest BCUT2D eigenvalue weighted by atomic mass is 10.2. The second-order valence-corrected chi connectivity index (χ2v) is 4.85. The first-order chi connectivity index (χ1) is 7.17. The van der Waals surface area contributed by atoms with E-state index >= 15 is 0 Å². The maximum Gasteiger partial charge on any atom is 0.321 e. The Balaban J connectivity index is 4.23. The molecule has 90 valence electrons. The Morgan fingerprint density at radius 3 is 2.53 bits per heavy atom. The highest BCUT2D eigenvalue weighted by atomic mass is 32.2. The minimum absolute atomic E-state index is 0.334. The van der Waals surface area contributed by atoms with Crippen LogP contribution in [0.3, 0.4) is 0 Å². The molecule has 0 aromatic rings. The van der Waals surface area contributed by atoms with Crippen LogP contribution in [-0.4, -0.2) is 41.5 Å². The van der Waals surface area contributed by atoms with Gasteiger partial charge in [0.2, 0.25) is 0 Å². The Morgan fingerprint density at radius 2 is 2.07 bits per heavy atom. The highest BCUT2D eigenvalue weighted by Gasteiger charge is 2.25. The molecule has 15 heavy (non-hydrogen) atoms. The van der Waals surface area contributed by atoms with Gasteiger partial charge in [-0.2, -0.15) is 0 Å². The van der Waals surface area contributed by atoms with Crippen molar-refractivity contribution in [1.29, 1.82) is 0 Å². The topological polar surface area (TPSA) is 52.6 Å². The molecule has 0 rings (SSSR count). The first-order valence-corrected chi connectivity index (χ1v) is 6.58. The van der Waals surface area contributed by atoms with Crippen LogP contribution in [0, 0.1) is 0 Å². The van der Waals surface area contributed by atoms with Gasteiger partial charge in [0.05, 0.1) is 13.2 Å². The highest BCUT2D eigenvalue weighted by molar-refractivity contribution is 7.86. The number of hydrogen-bond donors (Lipinski definition) is 0. The summed E-state index contributed by atoms with van der Waals surface area (Å²) in [5.41, 5.74) is 0. The average Bonchev–Trinajstić information content (AvgIpc) is 2.22. The molecule has 0 aliphatic heterocycles. The summed E-state index contributed by atoms with van der Waals surface area (Å²) >= 11 is 0. The van der Waals surface area contributed by atoms with E-state index in [2.05, 4.69) is 0 Å². The summed E-state index contributed by atoms with van der Waals surface area (Å²) in [4.78, 5) is 11.5. The van der Waals surface area contributed by atoms with E-state index in [1.165, 1.54) is 0 Å². The summed E-state index contributed by atoms with van der Waals surface area (Å²) in [6.45, 7) is 4.45. The van der Waals surface area contributed by atoms with E-state index in [1.807, 2.05) is 6.92 Å². The van der Waals surface area contributed by atoms with Gasteiger partial charge in [-0.1, -0.05) is 13.3 Å². The van der Waals surface area contributed by atoms with Crippen molar-refractivity contribution in [2.45, 2.75) is 31.9 Å². The molecule has 4 nitrogen and oxygen atoms in total. The van der Waals surface area contributed by atoms with Crippen molar-refractivity contribution in [2.24, 2.45) is 0 Å². The number of carbonyl (C=O) groups is 1. The van der Waals surface area contributed by atoms with E-state index in [-0.39, 0.29) is 5.97 Å². The molecule has 0 aromatic heterocycles. The Kier molecular flexibility index (Phi) is 8.61. The summed E-state index contributed by atoms with van der Waals surface area (Å²) in [6.07, 6.45) is 1.43. The van der Waals surface area contributed by atoms with Crippen LogP contribution < -0.4 is 0 Å². The fraction of sp³-hybridized carbons (Fsp3) is 0.900. The second kappa shape index (κ2) is 8.85. The first-order valence-electron chi connectivity index (χ1n) is 5.20. The van der Waals surface area contributed by atoms with Crippen LogP contribution >= 0.6 is 0 Å². The maximum absolute atomic E-state index is 11.7. The molecule has 0 aliphatic carbocycles. The van der Waals surface area contributed by atoms with Gasteiger partial charge in [-0.05, 0) is 13.3 Å². The molecule has 2 unspecified atom stereocenters. The molecule has 0 radical (unpaired) electrons. The number of ether oxygens (including phenoxy) is 2. The van der Waals surface area contributed by atoms with Crippen molar-refractivity contribution in [3.8, 4) is 0 Å². The van der Waals surface area contributed by atoms with Crippen molar-refractivity contribution in [3.05, 3.63) is 0 Å². The van der Waals surface area contributed by atoms with Gasteiger partial charge in [-0.25, -0.2) is 0 Å². The molecule has 0 aromatic carbocycles. The van der Waals surface area contributed by atoms with E-state index in [4.69, 9.17) is 9.47 Å². The standard InChI is InChI=1S/C10H20O4S/c1-4-6-9(10(11)14-5-2)15(12)8-7-13-3/h9H,4-8H2,1-3H3. The Hall–Kier alpha value is -0.420. The molecule has 0 spiro atoms. The van der Waals surface area contributed by atoms with Crippen molar-refractivity contribution in [3.63, 3.8) is 0 Å². The zero-order valence-corrected chi connectivity index (χ0v) is 10.5. The smallest absolute Gasteiger partial charge is 0.321 e. The van der Waals surface area contributed by atoms with Gasteiger partial charge in [0.15, 0.2) is 0 Å². The fourth-order valence-corrected chi connectivity index (χ4v) is 2.56. The molecule has 0 saturated heterocycles. The normalized spacial score (nSPS) is 14.6. The van der Waals surface area contributed by atoms with Gasteiger partial charge in [-0.15, -0.1) is 0 Å². The zero-order chi connectivity index (χ0) is 11.7. The van der Waals surface area contributed by atoms with Crippen molar-refractivity contribution in [1.82, 2.24) is 0 Å². The van der Waals surface area contributed by atoms with Crippen LogP contribution in [0.5, 0.6) is 0 Å². The van der Waals surface area contributed by atoms with E-state index in [9.17, 15) is 9.00 Å². The van der Waals surface area contributed by atoms with Gasteiger partial charge in [0.25, 0.3) is 0 Å². The lowest BCUT2D eigenvalue weighted by Gasteiger charge is -2.13. The lowest BCUT2D eigenvalue weighted by molar-refractivity contribution is -0.142. The SMILES string of the molecule is CCCC(C(=O)OCC)S(=O)CCOC. The molecule has 0 amide bonds. The number of rotatable bonds is 8. The van der Waals surface area contributed by atoms with Crippen LogP contribution in [0.15, 0.2) is 0 Å². The molecule has 0 bridgehead atoms. The molecular weight excluding hydrogens is 216 g/mol. The predicted octanol–water partition coefficient (Wildman–Crippen LogP) is 1.11. The molecule has 0 saturated carbocycles. The van der Waals surface area contributed by atoms with Crippen LogP contribution in [0.1, 0.15) is 26.7 Å². The third kappa shape index (κ3) is 5.89. The fourth-order valence-electron chi connectivity index (χ4n) is 1.16.